The Balaban J connectivity index is 2.42. The summed E-state index contributed by atoms with van der Waals surface area (Å²) < 4.78 is 5.61. The lowest BCUT2D eigenvalue weighted by atomic mass is 10.2. The summed E-state index contributed by atoms with van der Waals surface area (Å²) >= 11 is 11.9. The number of halogens is 2. The van der Waals surface area contributed by atoms with Gasteiger partial charge in [-0.2, -0.15) is 0 Å². The highest BCUT2D eigenvalue weighted by molar-refractivity contribution is 6.36. The van der Waals surface area contributed by atoms with E-state index in [1.807, 2.05) is 19.9 Å². The Kier molecular flexibility index (Phi) is 3.22. The molecular weight excluding hydrogens is 245 g/mol. The summed E-state index contributed by atoms with van der Waals surface area (Å²) in [5.74, 6) is 1.64. The van der Waals surface area contributed by atoms with Crippen molar-refractivity contribution in [1.82, 2.24) is 4.98 Å². The number of oxazole rings is 1. The molecule has 0 unspecified atom stereocenters. The molecule has 2 nitrogen and oxygen atoms in total. The van der Waals surface area contributed by atoms with Crippen LogP contribution in [0.2, 0.25) is 10.0 Å². The van der Waals surface area contributed by atoms with E-state index in [1.54, 1.807) is 18.3 Å². The SMILES string of the molecule is CC(C)c1ncc(-c2ccc(Cl)cc2Cl)o1. The van der Waals surface area contributed by atoms with Crippen LogP contribution in [0, 0.1) is 0 Å². The number of rotatable bonds is 2. The Hall–Kier alpha value is -0.990. The van der Waals surface area contributed by atoms with Crippen molar-refractivity contribution >= 4 is 23.2 Å². The van der Waals surface area contributed by atoms with Crippen LogP contribution in [0.25, 0.3) is 11.3 Å². The van der Waals surface area contributed by atoms with Gasteiger partial charge >= 0.3 is 0 Å². The average molecular weight is 256 g/mol. The second-order valence-electron chi connectivity index (χ2n) is 3.84. The largest absolute Gasteiger partial charge is 0.440 e. The maximum Gasteiger partial charge on any atom is 0.197 e. The van der Waals surface area contributed by atoms with Crippen LogP contribution in [-0.4, -0.2) is 4.98 Å². The van der Waals surface area contributed by atoms with Crippen molar-refractivity contribution in [3.63, 3.8) is 0 Å². The van der Waals surface area contributed by atoms with E-state index in [4.69, 9.17) is 27.6 Å². The molecular formula is C12H11Cl2NO. The molecule has 0 fully saturated rings. The van der Waals surface area contributed by atoms with Gasteiger partial charge in [-0.1, -0.05) is 37.0 Å². The van der Waals surface area contributed by atoms with Gasteiger partial charge in [-0.3, -0.25) is 0 Å². The van der Waals surface area contributed by atoms with E-state index in [0.29, 0.717) is 21.7 Å². The highest BCUT2D eigenvalue weighted by atomic mass is 35.5. The van der Waals surface area contributed by atoms with Crippen molar-refractivity contribution in [2.24, 2.45) is 0 Å². The van der Waals surface area contributed by atoms with Crippen LogP contribution in [0.4, 0.5) is 0 Å². The minimum Gasteiger partial charge on any atom is -0.440 e. The molecule has 16 heavy (non-hydrogen) atoms. The van der Waals surface area contributed by atoms with Crippen molar-refractivity contribution in [2.75, 3.05) is 0 Å². The maximum atomic E-state index is 6.08. The second kappa shape index (κ2) is 4.48. The van der Waals surface area contributed by atoms with E-state index in [9.17, 15) is 0 Å². The lowest BCUT2D eigenvalue weighted by molar-refractivity contribution is 0.481. The standard InChI is InChI=1S/C12H11Cl2NO/c1-7(2)12-15-6-11(16-12)9-4-3-8(13)5-10(9)14/h3-7H,1-2H3. The molecule has 1 heterocycles. The molecule has 0 N–H and O–H groups in total. The molecule has 4 heteroatoms. The van der Waals surface area contributed by atoms with Gasteiger partial charge in [0.2, 0.25) is 0 Å². The zero-order valence-corrected chi connectivity index (χ0v) is 10.5. The van der Waals surface area contributed by atoms with Gasteiger partial charge in [0.05, 0.1) is 11.2 Å². The summed E-state index contributed by atoms with van der Waals surface area (Å²) in [6.45, 7) is 4.05. The highest BCUT2D eigenvalue weighted by Crippen LogP contribution is 2.31. The normalized spacial score (nSPS) is 11.1. The van der Waals surface area contributed by atoms with Gasteiger partial charge in [0.1, 0.15) is 0 Å². The van der Waals surface area contributed by atoms with Crippen molar-refractivity contribution in [3.8, 4) is 11.3 Å². The van der Waals surface area contributed by atoms with Crippen molar-refractivity contribution in [2.45, 2.75) is 19.8 Å². The fraction of sp³-hybridized carbons (Fsp3) is 0.250. The molecule has 84 valence electrons. The van der Waals surface area contributed by atoms with E-state index in [2.05, 4.69) is 4.98 Å². The Morgan fingerprint density at radius 3 is 2.56 bits per heavy atom. The molecule has 2 aromatic rings. The molecule has 0 saturated heterocycles. The third kappa shape index (κ3) is 2.23. The molecule has 0 aliphatic carbocycles. The smallest absolute Gasteiger partial charge is 0.197 e. The summed E-state index contributed by atoms with van der Waals surface area (Å²) in [6, 6.07) is 5.30. The van der Waals surface area contributed by atoms with Gasteiger partial charge in [0.15, 0.2) is 11.7 Å². The number of hydrogen-bond acceptors (Lipinski definition) is 2. The van der Waals surface area contributed by atoms with Gasteiger partial charge in [-0.15, -0.1) is 0 Å². The molecule has 1 aromatic heterocycles. The first-order chi connectivity index (χ1) is 7.58. The average Bonchev–Trinajstić information content (AvgIpc) is 2.66. The van der Waals surface area contributed by atoms with Crippen LogP contribution in [0.15, 0.2) is 28.8 Å². The first-order valence-electron chi connectivity index (χ1n) is 4.99. The zero-order valence-electron chi connectivity index (χ0n) is 9.00. The lowest BCUT2D eigenvalue weighted by Gasteiger charge is -2.01. The Bertz CT molecular complexity index is 505. The number of benzene rings is 1. The van der Waals surface area contributed by atoms with Gasteiger partial charge in [0.25, 0.3) is 0 Å². The topological polar surface area (TPSA) is 26.0 Å². The Labute approximate surface area is 104 Å². The van der Waals surface area contributed by atoms with Crippen LogP contribution >= 0.6 is 23.2 Å². The molecule has 0 amide bonds. The van der Waals surface area contributed by atoms with Crippen molar-refractivity contribution in [1.29, 1.82) is 0 Å². The second-order valence-corrected chi connectivity index (χ2v) is 4.69. The first-order valence-corrected chi connectivity index (χ1v) is 5.74. The molecule has 1 aromatic carbocycles. The molecule has 0 saturated carbocycles. The number of hydrogen-bond donors (Lipinski definition) is 0. The predicted octanol–water partition coefficient (Wildman–Crippen LogP) is 4.77. The molecule has 0 spiro atoms. The van der Waals surface area contributed by atoms with Crippen LogP contribution in [0.3, 0.4) is 0 Å². The highest BCUT2D eigenvalue weighted by Gasteiger charge is 2.12. The predicted molar refractivity (Wildman–Crippen MR) is 66.0 cm³/mol. The molecule has 0 aliphatic rings. The third-order valence-electron chi connectivity index (χ3n) is 2.21. The Morgan fingerprint density at radius 2 is 2.00 bits per heavy atom. The number of nitrogens with zero attached hydrogens (tertiary/aromatic N) is 1. The van der Waals surface area contributed by atoms with Crippen LogP contribution in [0.1, 0.15) is 25.7 Å². The van der Waals surface area contributed by atoms with Gasteiger partial charge in [0, 0.05) is 16.5 Å². The third-order valence-corrected chi connectivity index (χ3v) is 2.76. The van der Waals surface area contributed by atoms with Crippen LogP contribution in [0.5, 0.6) is 0 Å². The maximum absolute atomic E-state index is 6.08. The lowest BCUT2D eigenvalue weighted by Crippen LogP contribution is -1.84. The molecule has 0 radical (unpaired) electrons. The van der Waals surface area contributed by atoms with E-state index in [1.165, 1.54) is 0 Å². The van der Waals surface area contributed by atoms with E-state index < -0.39 is 0 Å². The Morgan fingerprint density at radius 1 is 1.25 bits per heavy atom. The van der Waals surface area contributed by atoms with E-state index >= 15 is 0 Å². The summed E-state index contributed by atoms with van der Waals surface area (Å²) in [4.78, 5) is 4.20. The monoisotopic (exact) mass is 255 g/mol. The zero-order chi connectivity index (χ0) is 11.7. The molecule has 0 atom stereocenters. The van der Waals surface area contributed by atoms with Crippen molar-refractivity contribution < 1.29 is 4.42 Å². The first kappa shape index (κ1) is 11.5. The summed E-state index contributed by atoms with van der Waals surface area (Å²) in [5.41, 5.74) is 0.811. The minimum absolute atomic E-state index is 0.264. The van der Waals surface area contributed by atoms with Gasteiger partial charge < -0.3 is 4.42 Å². The van der Waals surface area contributed by atoms with Gasteiger partial charge in [-0.25, -0.2) is 4.98 Å². The fourth-order valence-corrected chi connectivity index (χ4v) is 1.87. The quantitative estimate of drug-likeness (QED) is 0.773. The summed E-state index contributed by atoms with van der Waals surface area (Å²) in [6.07, 6.45) is 1.68. The summed E-state index contributed by atoms with van der Waals surface area (Å²) in [5, 5.41) is 1.18. The van der Waals surface area contributed by atoms with Gasteiger partial charge in [-0.05, 0) is 18.2 Å². The molecule has 0 aliphatic heterocycles. The summed E-state index contributed by atoms with van der Waals surface area (Å²) in [7, 11) is 0. The van der Waals surface area contributed by atoms with Crippen molar-refractivity contribution in [3.05, 3.63) is 40.3 Å². The fourth-order valence-electron chi connectivity index (χ4n) is 1.37. The van der Waals surface area contributed by atoms with Crippen LogP contribution < -0.4 is 0 Å². The van der Waals surface area contributed by atoms with Crippen LogP contribution in [-0.2, 0) is 0 Å². The minimum atomic E-state index is 0.264. The molecule has 0 bridgehead atoms. The van der Waals surface area contributed by atoms with E-state index in [-0.39, 0.29) is 5.92 Å². The number of aromatic nitrogens is 1. The van der Waals surface area contributed by atoms with E-state index in [0.717, 1.165) is 5.56 Å². The molecule has 2 rings (SSSR count).